The second-order valence-electron chi connectivity index (χ2n) is 9.60. The molecule has 2 aliphatic rings. The number of benzene rings is 2. The first-order valence-corrected chi connectivity index (χ1v) is 13.3. The van der Waals surface area contributed by atoms with Gasteiger partial charge in [-0.1, -0.05) is 59.1 Å². The summed E-state index contributed by atoms with van der Waals surface area (Å²) in [5, 5.41) is 1.80. The number of pyridine rings is 1. The van der Waals surface area contributed by atoms with Gasteiger partial charge in [0, 0.05) is 58.5 Å². The van der Waals surface area contributed by atoms with E-state index in [2.05, 4.69) is 20.4 Å². The van der Waals surface area contributed by atoms with E-state index >= 15 is 0 Å². The van der Waals surface area contributed by atoms with Crippen molar-refractivity contribution in [1.29, 1.82) is 0 Å². The lowest BCUT2D eigenvalue weighted by molar-refractivity contribution is -0.136. The molecule has 184 valence electrons. The van der Waals surface area contributed by atoms with E-state index in [9.17, 15) is 4.79 Å². The van der Waals surface area contributed by atoms with Crippen molar-refractivity contribution in [2.45, 2.75) is 37.9 Å². The molecular weight excluding hydrogens is 515 g/mol. The van der Waals surface area contributed by atoms with Gasteiger partial charge in [0.15, 0.2) is 0 Å². The van der Waals surface area contributed by atoms with Crippen LogP contribution in [0.3, 0.4) is 0 Å². The predicted octanol–water partition coefficient (Wildman–Crippen LogP) is 6.38. The maximum Gasteiger partial charge on any atom is 0.227 e. The topological polar surface area (TPSA) is 40.9 Å². The third-order valence-electron chi connectivity index (χ3n) is 7.36. The number of hydrogen-bond donors (Lipinski definition) is 0. The third kappa shape index (κ3) is 4.39. The lowest BCUT2D eigenvalue weighted by Crippen LogP contribution is -2.55. The fourth-order valence-corrected chi connectivity index (χ4v) is 6.38. The van der Waals surface area contributed by atoms with Crippen LogP contribution in [-0.4, -0.2) is 50.3 Å². The van der Waals surface area contributed by atoms with E-state index in [4.69, 9.17) is 39.8 Å². The highest BCUT2D eigenvalue weighted by molar-refractivity contribution is 6.36. The summed E-state index contributed by atoms with van der Waals surface area (Å²) in [6.45, 7) is 2.42. The van der Waals surface area contributed by atoms with Crippen LogP contribution in [0, 0.1) is 0 Å². The van der Waals surface area contributed by atoms with Crippen molar-refractivity contribution in [2.24, 2.45) is 0 Å². The van der Waals surface area contributed by atoms with Crippen LogP contribution in [0.2, 0.25) is 15.1 Å². The second-order valence-corrected chi connectivity index (χ2v) is 10.9. The maximum atomic E-state index is 13.4. The van der Waals surface area contributed by atoms with Crippen LogP contribution < -0.4 is 0 Å². The first-order chi connectivity index (χ1) is 17.5. The molecule has 2 atom stereocenters. The molecule has 0 N–H and O–H groups in total. The number of amides is 1. The van der Waals surface area contributed by atoms with Gasteiger partial charge in [-0.15, -0.1) is 0 Å². The standard InChI is InChI=1S/C28H25Cl3N4O/c29-19-9-7-18(8-10-19)28-25(34-13-2-1-6-26(34)32-28)17-33-15-20-11-12-21(16-33)35(20)27(36)14-22-23(30)4-3-5-24(22)31/h1-10,13,20-21H,11-12,14-17H2. The largest absolute Gasteiger partial charge is 0.334 e. The SMILES string of the molecule is O=C(Cc1c(Cl)cccc1Cl)N1C2CCC1CN(Cc1c(-c3ccc(Cl)cc3)nc3ccccn13)C2. The van der Waals surface area contributed by atoms with Gasteiger partial charge < -0.3 is 9.30 Å². The Morgan fingerprint density at radius 2 is 1.58 bits per heavy atom. The number of halogens is 3. The van der Waals surface area contributed by atoms with Gasteiger partial charge >= 0.3 is 0 Å². The highest BCUT2D eigenvalue weighted by Gasteiger charge is 2.42. The van der Waals surface area contributed by atoms with Crippen LogP contribution in [-0.2, 0) is 17.8 Å². The summed E-state index contributed by atoms with van der Waals surface area (Å²) < 4.78 is 2.17. The minimum Gasteiger partial charge on any atom is -0.334 e. The second kappa shape index (κ2) is 9.71. The Labute approximate surface area is 225 Å². The maximum absolute atomic E-state index is 13.4. The van der Waals surface area contributed by atoms with E-state index in [0.717, 1.165) is 55.1 Å². The van der Waals surface area contributed by atoms with Crippen molar-refractivity contribution >= 4 is 46.4 Å². The average Bonchev–Trinajstić information content (AvgIpc) is 3.36. The van der Waals surface area contributed by atoms with Gasteiger partial charge in [-0.3, -0.25) is 9.69 Å². The number of rotatable bonds is 5. The molecule has 0 saturated carbocycles. The highest BCUT2D eigenvalue weighted by Crippen LogP contribution is 2.34. The van der Waals surface area contributed by atoms with Crippen LogP contribution >= 0.6 is 34.8 Å². The zero-order valence-corrected chi connectivity index (χ0v) is 21.8. The summed E-state index contributed by atoms with van der Waals surface area (Å²) in [6, 6.07) is 19.7. The molecular formula is C28H25Cl3N4O. The molecule has 8 heteroatoms. The van der Waals surface area contributed by atoms with Gasteiger partial charge in [0.2, 0.25) is 5.91 Å². The molecule has 2 aliphatic heterocycles. The molecule has 0 spiro atoms. The molecule has 2 unspecified atom stereocenters. The minimum atomic E-state index is 0.105. The van der Waals surface area contributed by atoms with Gasteiger partial charge in [-0.05, 0) is 54.8 Å². The fourth-order valence-electron chi connectivity index (χ4n) is 5.72. The highest BCUT2D eigenvalue weighted by atomic mass is 35.5. The number of hydrogen-bond acceptors (Lipinski definition) is 3. The minimum absolute atomic E-state index is 0.105. The number of carbonyl (C=O) groups excluding carboxylic acids is 1. The Kier molecular flexibility index (Phi) is 6.42. The monoisotopic (exact) mass is 538 g/mol. The Bertz CT molecular complexity index is 1400. The van der Waals surface area contributed by atoms with Crippen LogP contribution in [0.15, 0.2) is 66.9 Å². The summed E-state index contributed by atoms with van der Waals surface area (Å²) >= 11 is 18.8. The van der Waals surface area contributed by atoms with Crippen molar-refractivity contribution in [2.75, 3.05) is 13.1 Å². The molecule has 4 aromatic rings. The number of fused-ring (bicyclic) bond motifs is 3. The van der Waals surface area contributed by atoms with Crippen LogP contribution in [0.5, 0.6) is 0 Å². The summed E-state index contributed by atoms with van der Waals surface area (Å²) in [6.07, 6.45) is 4.33. The molecule has 1 amide bonds. The molecule has 0 radical (unpaired) electrons. The Morgan fingerprint density at radius 1 is 0.889 bits per heavy atom. The first-order valence-electron chi connectivity index (χ1n) is 12.2. The molecule has 2 aromatic heterocycles. The van der Waals surface area contributed by atoms with E-state index in [1.807, 2.05) is 42.5 Å². The third-order valence-corrected chi connectivity index (χ3v) is 8.32. The molecule has 5 nitrogen and oxygen atoms in total. The molecule has 2 bridgehead atoms. The normalized spacial score (nSPS) is 19.8. The van der Waals surface area contributed by atoms with Crippen LogP contribution in [0.4, 0.5) is 0 Å². The van der Waals surface area contributed by atoms with Crippen LogP contribution in [0.1, 0.15) is 24.1 Å². The lowest BCUT2D eigenvalue weighted by atomic mass is 10.1. The number of carbonyl (C=O) groups is 1. The molecule has 2 saturated heterocycles. The summed E-state index contributed by atoms with van der Waals surface area (Å²) in [7, 11) is 0. The first kappa shape index (κ1) is 23.8. The summed E-state index contributed by atoms with van der Waals surface area (Å²) in [4.78, 5) is 22.9. The zero-order valence-electron chi connectivity index (χ0n) is 19.6. The molecule has 0 aliphatic carbocycles. The Balaban J connectivity index is 1.24. The van der Waals surface area contributed by atoms with Crippen molar-refractivity contribution in [3.05, 3.63) is 93.2 Å². The van der Waals surface area contributed by atoms with E-state index in [-0.39, 0.29) is 24.4 Å². The van der Waals surface area contributed by atoms with E-state index in [1.165, 1.54) is 0 Å². The number of imidazole rings is 1. The number of piperazine rings is 1. The fraction of sp³-hybridized carbons (Fsp3) is 0.286. The molecule has 2 fully saturated rings. The number of nitrogens with zero attached hydrogens (tertiary/aromatic N) is 4. The quantitative estimate of drug-likeness (QED) is 0.295. The molecule has 4 heterocycles. The van der Waals surface area contributed by atoms with E-state index in [0.29, 0.717) is 20.6 Å². The van der Waals surface area contributed by atoms with Crippen LogP contribution in [0.25, 0.3) is 16.9 Å². The van der Waals surface area contributed by atoms with E-state index < -0.39 is 0 Å². The number of aromatic nitrogens is 2. The lowest BCUT2D eigenvalue weighted by Gasteiger charge is -2.41. The smallest absolute Gasteiger partial charge is 0.227 e. The van der Waals surface area contributed by atoms with Gasteiger partial charge in [0.05, 0.1) is 17.8 Å². The summed E-state index contributed by atoms with van der Waals surface area (Å²) in [5.41, 5.74) is 4.80. The molecule has 6 rings (SSSR count). The Hall–Kier alpha value is -2.57. The van der Waals surface area contributed by atoms with E-state index in [1.54, 1.807) is 18.2 Å². The molecule has 36 heavy (non-hydrogen) atoms. The van der Waals surface area contributed by atoms with Gasteiger partial charge in [-0.25, -0.2) is 4.98 Å². The predicted molar refractivity (Wildman–Crippen MR) is 145 cm³/mol. The average molecular weight is 540 g/mol. The van der Waals surface area contributed by atoms with Gasteiger partial charge in [-0.2, -0.15) is 0 Å². The van der Waals surface area contributed by atoms with Gasteiger partial charge in [0.1, 0.15) is 5.65 Å². The molecule has 2 aromatic carbocycles. The number of likely N-dealkylation sites (tertiary alicyclic amines) is 1. The van der Waals surface area contributed by atoms with Crippen molar-refractivity contribution in [3.63, 3.8) is 0 Å². The Morgan fingerprint density at radius 3 is 2.28 bits per heavy atom. The zero-order chi connectivity index (χ0) is 24.8. The van der Waals surface area contributed by atoms with Crippen molar-refractivity contribution in [1.82, 2.24) is 19.2 Å². The van der Waals surface area contributed by atoms with Crippen molar-refractivity contribution in [3.8, 4) is 11.3 Å². The summed E-state index contributed by atoms with van der Waals surface area (Å²) in [5.74, 6) is 0.105. The van der Waals surface area contributed by atoms with Gasteiger partial charge in [0.25, 0.3) is 0 Å². The van der Waals surface area contributed by atoms with Crippen molar-refractivity contribution < 1.29 is 4.79 Å².